The van der Waals surface area contributed by atoms with Gasteiger partial charge in [-0.3, -0.25) is 9.69 Å². The summed E-state index contributed by atoms with van der Waals surface area (Å²) in [6, 6.07) is 6.41. The van der Waals surface area contributed by atoms with E-state index in [0.29, 0.717) is 42.0 Å². The molecule has 0 spiro atoms. The molecular formula is C24H28ClN3O4S3. The summed E-state index contributed by atoms with van der Waals surface area (Å²) in [6.45, 7) is 5.40. The van der Waals surface area contributed by atoms with Gasteiger partial charge in [-0.1, -0.05) is 41.5 Å². The zero-order chi connectivity index (χ0) is 24.7. The van der Waals surface area contributed by atoms with Crippen LogP contribution in [0.4, 0.5) is 5.13 Å². The Morgan fingerprint density at radius 3 is 2.63 bits per heavy atom. The number of benzene rings is 1. The Kier molecular flexibility index (Phi) is 7.22. The lowest BCUT2D eigenvalue weighted by Crippen LogP contribution is -2.54. The normalized spacial score (nSPS) is 21.6. The van der Waals surface area contributed by atoms with E-state index in [1.807, 2.05) is 19.9 Å². The number of nitrogens with zero attached hydrogens (tertiary/aromatic N) is 3. The minimum atomic E-state index is -3.84. The average Bonchev–Trinajstić information content (AvgIpc) is 3.61. The van der Waals surface area contributed by atoms with Crippen LogP contribution in [0.25, 0.3) is 10.2 Å². The number of fused-ring (bicyclic) bond motifs is 1. The first-order valence-corrected chi connectivity index (χ1v) is 15.3. The summed E-state index contributed by atoms with van der Waals surface area (Å²) in [5.74, 6) is -0.235. The van der Waals surface area contributed by atoms with E-state index in [4.69, 9.17) is 21.3 Å². The van der Waals surface area contributed by atoms with E-state index in [9.17, 15) is 13.2 Å². The van der Waals surface area contributed by atoms with Crippen molar-refractivity contribution < 1.29 is 17.9 Å². The van der Waals surface area contributed by atoms with Gasteiger partial charge in [0.1, 0.15) is 10.3 Å². The van der Waals surface area contributed by atoms with Crippen molar-refractivity contribution in [3.05, 3.63) is 39.7 Å². The maximum atomic E-state index is 14.1. The number of sulfonamides is 1. The Morgan fingerprint density at radius 1 is 1.14 bits per heavy atom. The highest BCUT2D eigenvalue weighted by Crippen LogP contribution is 2.36. The van der Waals surface area contributed by atoms with Gasteiger partial charge in [-0.15, -0.1) is 11.3 Å². The van der Waals surface area contributed by atoms with E-state index in [1.165, 1.54) is 21.7 Å². The van der Waals surface area contributed by atoms with Crippen LogP contribution in [0.1, 0.15) is 43.2 Å². The van der Waals surface area contributed by atoms with Gasteiger partial charge in [0.05, 0.1) is 27.2 Å². The highest BCUT2D eigenvalue weighted by Gasteiger charge is 2.41. The molecule has 7 nitrogen and oxygen atoms in total. The summed E-state index contributed by atoms with van der Waals surface area (Å²) in [5.41, 5.74) is 3.04. The molecule has 11 heteroatoms. The fourth-order valence-electron chi connectivity index (χ4n) is 4.79. The van der Waals surface area contributed by atoms with Gasteiger partial charge in [0.15, 0.2) is 5.13 Å². The van der Waals surface area contributed by atoms with E-state index < -0.39 is 16.1 Å². The number of aryl methyl sites for hydroxylation is 2. The highest BCUT2D eigenvalue weighted by molar-refractivity contribution is 7.91. The van der Waals surface area contributed by atoms with Crippen LogP contribution in [0.2, 0.25) is 4.34 Å². The maximum Gasteiger partial charge on any atom is 0.253 e. The van der Waals surface area contributed by atoms with Crippen molar-refractivity contribution >= 4 is 65.6 Å². The first-order valence-electron chi connectivity index (χ1n) is 11.8. The number of thiophene rings is 1. The molecule has 35 heavy (non-hydrogen) atoms. The van der Waals surface area contributed by atoms with E-state index in [-0.39, 0.29) is 16.2 Å². The Morgan fingerprint density at radius 2 is 1.94 bits per heavy atom. The topological polar surface area (TPSA) is 79.8 Å². The van der Waals surface area contributed by atoms with E-state index in [1.54, 1.807) is 11.0 Å². The summed E-state index contributed by atoms with van der Waals surface area (Å²) >= 11 is 8.54. The summed E-state index contributed by atoms with van der Waals surface area (Å²) in [4.78, 5) is 20.7. The van der Waals surface area contributed by atoms with Gasteiger partial charge in [0.25, 0.3) is 10.0 Å². The number of carbonyl (C=O) groups excluding carboxylic acids is 1. The second-order valence-corrected chi connectivity index (χ2v) is 14.0. The molecular weight excluding hydrogens is 526 g/mol. The molecule has 2 aliphatic heterocycles. The molecule has 2 fully saturated rings. The number of rotatable bonds is 6. The number of hydrogen-bond donors (Lipinski definition) is 0. The van der Waals surface area contributed by atoms with E-state index in [2.05, 4.69) is 6.07 Å². The summed E-state index contributed by atoms with van der Waals surface area (Å²) in [7, 11) is -3.84. The molecule has 0 radical (unpaired) electrons. The molecule has 2 atom stereocenters. The molecule has 2 aliphatic rings. The monoisotopic (exact) mass is 553 g/mol. The molecule has 1 aromatic carbocycles. The van der Waals surface area contributed by atoms with Gasteiger partial charge >= 0.3 is 0 Å². The standard InChI is InChI=1S/C24H28ClN3O4S3/c1-15-8-9-16(2)22-21(15)26-24(34-22)27(14-17-6-5-13-32-17)23(29)18-7-3-4-12-28(18)35(30,31)20-11-10-19(25)33-20/h8-11,17-18H,3-7,12-14H2,1-2H3. The molecule has 0 aliphatic carbocycles. The highest BCUT2D eigenvalue weighted by atomic mass is 35.5. The third kappa shape index (κ3) is 4.89. The molecule has 3 aromatic rings. The van der Waals surface area contributed by atoms with Gasteiger partial charge < -0.3 is 4.74 Å². The lowest BCUT2D eigenvalue weighted by atomic mass is 10.0. The molecule has 2 unspecified atom stereocenters. The number of hydrogen-bond acceptors (Lipinski definition) is 7. The molecule has 5 rings (SSSR count). The lowest BCUT2D eigenvalue weighted by molar-refractivity contribution is -0.123. The molecule has 2 aromatic heterocycles. The molecule has 0 N–H and O–H groups in total. The van der Waals surface area contributed by atoms with Crippen LogP contribution in [-0.4, -0.2) is 55.5 Å². The van der Waals surface area contributed by atoms with Crippen LogP contribution >= 0.6 is 34.3 Å². The van der Waals surface area contributed by atoms with Crippen molar-refractivity contribution in [2.45, 2.75) is 62.3 Å². The zero-order valence-corrected chi connectivity index (χ0v) is 22.9. The maximum absolute atomic E-state index is 14.1. The van der Waals surface area contributed by atoms with Crippen molar-refractivity contribution in [3.63, 3.8) is 0 Å². The van der Waals surface area contributed by atoms with E-state index in [0.717, 1.165) is 51.9 Å². The van der Waals surface area contributed by atoms with Crippen molar-refractivity contribution in [1.82, 2.24) is 9.29 Å². The fourth-order valence-corrected chi connectivity index (χ4v) is 9.18. The summed E-state index contributed by atoms with van der Waals surface area (Å²) in [6.07, 6.45) is 3.72. The lowest BCUT2D eigenvalue weighted by Gasteiger charge is -2.36. The third-order valence-corrected chi connectivity index (χ3v) is 11.5. The smallest absolute Gasteiger partial charge is 0.253 e. The minimum absolute atomic E-state index is 0.0853. The third-order valence-electron chi connectivity index (χ3n) is 6.69. The average molecular weight is 554 g/mol. The van der Waals surface area contributed by atoms with Crippen LogP contribution in [-0.2, 0) is 19.6 Å². The largest absolute Gasteiger partial charge is 0.376 e. The van der Waals surface area contributed by atoms with Gasteiger partial charge in [-0.25, -0.2) is 13.4 Å². The Balaban J connectivity index is 1.53. The number of carbonyl (C=O) groups is 1. The second-order valence-electron chi connectivity index (χ2n) is 9.14. The van der Waals surface area contributed by atoms with Gasteiger partial charge in [0.2, 0.25) is 5.91 Å². The number of halogens is 1. The zero-order valence-electron chi connectivity index (χ0n) is 19.7. The van der Waals surface area contributed by atoms with Gasteiger partial charge in [-0.05, 0) is 62.8 Å². The first-order chi connectivity index (χ1) is 16.8. The van der Waals surface area contributed by atoms with Gasteiger partial charge in [-0.2, -0.15) is 4.31 Å². The van der Waals surface area contributed by atoms with Crippen molar-refractivity contribution in [1.29, 1.82) is 0 Å². The predicted molar refractivity (Wildman–Crippen MR) is 141 cm³/mol. The molecule has 188 valence electrons. The van der Waals surface area contributed by atoms with Crippen LogP contribution in [0, 0.1) is 13.8 Å². The molecule has 0 saturated carbocycles. The second kappa shape index (κ2) is 10.1. The SMILES string of the molecule is Cc1ccc(C)c2sc(N(CC3CCCO3)C(=O)C3CCCCN3S(=O)(=O)c3ccc(Cl)s3)nc12. The summed E-state index contributed by atoms with van der Waals surface area (Å²) in [5, 5.41) is 0.597. The molecule has 2 saturated heterocycles. The predicted octanol–water partition coefficient (Wildman–Crippen LogP) is 5.38. The van der Waals surface area contributed by atoms with Crippen LogP contribution < -0.4 is 4.90 Å². The van der Waals surface area contributed by atoms with Crippen LogP contribution in [0.5, 0.6) is 0 Å². The van der Waals surface area contributed by atoms with E-state index >= 15 is 0 Å². The summed E-state index contributed by atoms with van der Waals surface area (Å²) < 4.78 is 35.9. The van der Waals surface area contributed by atoms with Crippen molar-refractivity contribution in [3.8, 4) is 0 Å². The number of piperidine rings is 1. The van der Waals surface area contributed by atoms with Crippen LogP contribution in [0.3, 0.4) is 0 Å². The Bertz CT molecular complexity index is 1310. The quantitative estimate of drug-likeness (QED) is 0.409. The Labute approximate surface area is 218 Å². The van der Waals surface area contributed by atoms with Crippen molar-refractivity contribution in [2.75, 3.05) is 24.6 Å². The van der Waals surface area contributed by atoms with Gasteiger partial charge in [0, 0.05) is 13.2 Å². The number of ether oxygens (including phenoxy) is 1. The fraction of sp³-hybridized carbons (Fsp3) is 0.500. The minimum Gasteiger partial charge on any atom is -0.376 e. The number of anilines is 1. The number of amides is 1. The molecule has 1 amide bonds. The first kappa shape index (κ1) is 25.1. The van der Waals surface area contributed by atoms with Crippen LogP contribution in [0.15, 0.2) is 28.5 Å². The molecule has 4 heterocycles. The number of thiazole rings is 1. The van der Waals surface area contributed by atoms with Crippen molar-refractivity contribution in [2.24, 2.45) is 0 Å². The molecule has 0 bridgehead atoms. The Hall–Kier alpha value is -1.56. The number of aromatic nitrogens is 1.